The molecule has 6 rings (SSSR count). The van der Waals surface area contributed by atoms with Gasteiger partial charge in [0, 0.05) is 44.8 Å². The number of carbonyl (C=O) groups excluding carboxylic acids is 1. The number of hydrogen-bond donors (Lipinski definition) is 2. The molecule has 0 atom stereocenters. The second-order valence-corrected chi connectivity index (χ2v) is 8.61. The van der Waals surface area contributed by atoms with Crippen LogP contribution in [-0.4, -0.2) is 46.9 Å². The van der Waals surface area contributed by atoms with Crippen molar-refractivity contribution in [2.24, 2.45) is 7.05 Å². The van der Waals surface area contributed by atoms with E-state index in [1.54, 1.807) is 29.3 Å². The third-order valence-electron chi connectivity index (χ3n) is 6.00. The first-order valence-electron chi connectivity index (χ1n) is 12.4. The molecular weight excluding hydrogens is 490 g/mol. The molecule has 0 aliphatic rings. The normalized spacial score (nSPS) is 10.5. The van der Waals surface area contributed by atoms with Gasteiger partial charge in [0.25, 0.3) is 5.91 Å². The van der Waals surface area contributed by atoms with Crippen LogP contribution in [0, 0.1) is 11.8 Å². The van der Waals surface area contributed by atoms with Crippen LogP contribution >= 0.6 is 0 Å². The van der Waals surface area contributed by atoms with E-state index in [4.69, 9.17) is 10.7 Å². The summed E-state index contributed by atoms with van der Waals surface area (Å²) in [5.41, 5.74) is 11.4. The number of nitrogen functional groups attached to an aromatic ring is 1. The molecule has 0 spiro atoms. The van der Waals surface area contributed by atoms with E-state index in [1.165, 1.54) is 11.6 Å². The number of para-hydroxylation sites is 2. The van der Waals surface area contributed by atoms with Crippen LogP contribution in [0.2, 0.25) is 0 Å². The van der Waals surface area contributed by atoms with Crippen molar-refractivity contribution in [2.45, 2.75) is 13.3 Å². The number of amides is 1. The number of anilines is 1. The van der Waals surface area contributed by atoms with Gasteiger partial charge in [-0.3, -0.25) is 14.0 Å². The van der Waals surface area contributed by atoms with E-state index in [1.807, 2.05) is 49.6 Å². The Labute approximate surface area is 225 Å². The van der Waals surface area contributed by atoms with Crippen molar-refractivity contribution in [3.8, 4) is 17.5 Å². The summed E-state index contributed by atoms with van der Waals surface area (Å²) in [6, 6.07) is 18.1. The zero-order chi connectivity index (χ0) is 27.4. The zero-order valence-electron chi connectivity index (χ0n) is 21.8. The van der Waals surface area contributed by atoms with Gasteiger partial charge in [-0.25, -0.2) is 14.5 Å². The molecule has 0 aliphatic carbocycles. The topological polar surface area (TPSA) is 121 Å². The Hall–Kier alpha value is -5.43. The van der Waals surface area contributed by atoms with E-state index in [-0.39, 0.29) is 11.7 Å². The average Bonchev–Trinajstić information content (AvgIpc) is 3.66. The van der Waals surface area contributed by atoms with Gasteiger partial charge in [0.15, 0.2) is 11.5 Å². The zero-order valence-corrected chi connectivity index (χ0v) is 21.8. The van der Waals surface area contributed by atoms with Crippen LogP contribution in [0.25, 0.3) is 22.4 Å². The standard InChI is InChI=1S/C21H18N4.C8H9N5O/c1-3-20-23-19-11-7-8-17(13-12-16-14-22-24(2)15-16)21(19)25(20)18-9-5-4-6-10-18;1-10-8(14)5-6(9)12-13-4-2-3-11-7(5)13/h4-11,14-15H,3H2,1-2H3;2-4H,1H3,(H2,9,12)(H,10,14). The highest BCUT2D eigenvalue weighted by molar-refractivity contribution is 6.03. The fourth-order valence-electron chi connectivity index (χ4n) is 4.24. The van der Waals surface area contributed by atoms with Gasteiger partial charge in [-0.1, -0.05) is 43.0 Å². The van der Waals surface area contributed by atoms with Gasteiger partial charge < -0.3 is 11.1 Å². The molecule has 1 amide bonds. The van der Waals surface area contributed by atoms with Crippen molar-refractivity contribution < 1.29 is 4.79 Å². The van der Waals surface area contributed by atoms with Crippen LogP contribution in [0.1, 0.15) is 34.2 Å². The number of nitrogens with zero attached hydrogens (tertiary/aromatic N) is 7. The van der Waals surface area contributed by atoms with Crippen LogP contribution in [0.3, 0.4) is 0 Å². The van der Waals surface area contributed by atoms with Crippen LogP contribution in [-0.2, 0) is 13.5 Å². The van der Waals surface area contributed by atoms with Gasteiger partial charge in [-0.2, -0.15) is 5.10 Å². The van der Waals surface area contributed by atoms with E-state index >= 15 is 0 Å². The minimum Gasteiger partial charge on any atom is -0.381 e. The molecule has 10 nitrogen and oxygen atoms in total. The van der Waals surface area contributed by atoms with Crippen molar-refractivity contribution in [3.63, 3.8) is 0 Å². The smallest absolute Gasteiger partial charge is 0.258 e. The maximum atomic E-state index is 11.4. The third kappa shape index (κ3) is 5.06. The van der Waals surface area contributed by atoms with Gasteiger partial charge in [0.05, 0.1) is 28.4 Å². The number of rotatable bonds is 3. The molecule has 4 heterocycles. The Morgan fingerprint density at radius 1 is 1.08 bits per heavy atom. The van der Waals surface area contributed by atoms with Gasteiger partial charge in [-0.15, -0.1) is 5.10 Å². The maximum absolute atomic E-state index is 11.4. The van der Waals surface area contributed by atoms with Crippen LogP contribution < -0.4 is 11.1 Å². The first-order valence-corrected chi connectivity index (χ1v) is 12.4. The molecule has 0 radical (unpaired) electrons. The average molecular weight is 518 g/mol. The maximum Gasteiger partial charge on any atom is 0.258 e. The van der Waals surface area contributed by atoms with Gasteiger partial charge >= 0.3 is 0 Å². The number of fused-ring (bicyclic) bond motifs is 2. The number of aryl methyl sites for hydroxylation is 2. The number of nitrogens with one attached hydrogen (secondary N) is 1. The quantitative estimate of drug-likeness (QED) is 0.347. The van der Waals surface area contributed by atoms with Crippen molar-refractivity contribution in [3.05, 3.63) is 102 Å². The van der Waals surface area contributed by atoms with Crippen molar-refractivity contribution in [2.75, 3.05) is 12.8 Å². The van der Waals surface area contributed by atoms with E-state index in [9.17, 15) is 4.79 Å². The van der Waals surface area contributed by atoms with Crippen molar-refractivity contribution in [1.29, 1.82) is 0 Å². The molecule has 10 heteroatoms. The lowest BCUT2D eigenvalue weighted by molar-refractivity contribution is 0.0965. The van der Waals surface area contributed by atoms with Crippen LogP contribution in [0.5, 0.6) is 0 Å². The first-order chi connectivity index (χ1) is 19.0. The van der Waals surface area contributed by atoms with Gasteiger partial charge in [0.2, 0.25) is 0 Å². The number of carbonyl (C=O) groups is 1. The molecule has 0 fully saturated rings. The summed E-state index contributed by atoms with van der Waals surface area (Å²) < 4.78 is 5.44. The van der Waals surface area contributed by atoms with Crippen LogP contribution in [0.4, 0.5) is 5.82 Å². The fraction of sp³-hybridized carbons (Fsp3) is 0.138. The number of aromatic nitrogens is 7. The third-order valence-corrected chi connectivity index (χ3v) is 6.00. The Balaban J connectivity index is 0.000000186. The lowest BCUT2D eigenvalue weighted by Crippen LogP contribution is -2.19. The van der Waals surface area contributed by atoms with Crippen LogP contribution in [0.15, 0.2) is 79.4 Å². The summed E-state index contributed by atoms with van der Waals surface area (Å²) >= 11 is 0. The second kappa shape index (κ2) is 10.9. The summed E-state index contributed by atoms with van der Waals surface area (Å²) in [6.45, 7) is 2.13. The monoisotopic (exact) mass is 517 g/mol. The number of benzene rings is 2. The Morgan fingerprint density at radius 2 is 1.90 bits per heavy atom. The van der Waals surface area contributed by atoms with E-state index < -0.39 is 0 Å². The summed E-state index contributed by atoms with van der Waals surface area (Å²) in [6.07, 6.45) is 7.82. The highest BCUT2D eigenvalue weighted by Crippen LogP contribution is 2.25. The van der Waals surface area contributed by atoms with E-state index in [0.29, 0.717) is 11.2 Å². The molecule has 0 bridgehead atoms. The Kier molecular flexibility index (Phi) is 7.05. The molecule has 0 saturated carbocycles. The predicted octanol–water partition coefficient (Wildman–Crippen LogP) is 3.39. The van der Waals surface area contributed by atoms with Gasteiger partial charge in [-0.05, 0) is 30.3 Å². The fourth-order valence-corrected chi connectivity index (χ4v) is 4.24. The van der Waals surface area contributed by atoms with E-state index in [2.05, 4.69) is 56.0 Å². The van der Waals surface area contributed by atoms with E-state index in [0.717, 1.165) is 40.1 Å². The second-order valence-electron chi connectivity index (χ2n) is 8.61. The minimum atomic E-state index is -0.281. The molecule has 39 heavy (non-hydrogen) atoms. The lowest BCUT2D eigenvalue weighted by atomic mass is 10.1. The molecule has 0 unspecified atom stereocenters. The molecule has 6 aromatic rings. The number of nitrogens with two attached hydrogens (primary N) is 1. The molecule has 4 aromatic heterocycles. The largest absolute Gasteiger partial charge is 0.381 e. The summed E-state index contributed by atoms with van der Waals surface area (Å²) in [7, 11) is 3.43. The molecule has 2 aromatic carbocycles. The summed E-state index contributed by atoms with van der Waals surface area (Å²) in [5, 5.41) is 10.6. The minimum absolute atomic E-state index is 0.183. The highest BCUT2D eigenvalue weighted by atomic mass is 16.1. The number of hydrogen-bond acceptors (Lipinski definition) is 6. The van der Waals surface area contributed by atoms with Gasteiger partial charge in [0.1, 0.15) is 11.4 Å². The predicted molar refractivity (Wildman–Crippen MR) is 150 cm³/mol. The SMILES string of the molecule is CCc1nc2cccc(C#Cc3cnn(C)c3)c2n1-c1ccccc1.CNC(=O)c1c(N)nn2cccnc12. The molecule has 0 saturated heterocycles. The molecule has 194 valence electrons. The highest BCUT2D eigenvalue weighted by Gasteiger charge is 2.17. The van der Waals surface area contributed by atoms with Crippen molar-refractivity contribution >= 4 is 28.4 Å². The first kappa shape index (κ1) is 25.2. The van der Waals surface area contributed by atoms with Crippen molar-refractivity contribution in [1.82, 2.24) is 39.2 Å². The lowest BCUT2D eigenvalue weighted by Gasteiger charge is -2.09. The Morgan fingerprint density at radius 3 is 2.62 bits per heavy atom. The molecule has 3 N–H and O–H groups in total. The summed E-state index contributed by atoms with van der Waals surface area (Å²) in [4.78, 5) is 20.3. The molecule has 0 aliphatic heterocycles. The number of imidazole rings is 1. The Bertz CT molecular complexity index is 1830. The molecular formula is C29H27N9O. The summed E-state index contributed by atoms with van der Waals surface area (Å²) in [5.74, 6) is 7.45.